The van der Waals surface area contributed by atoms with Gasteiger partial charge in [-0.3, -0.25) is 9.79 Å². The minimum Gasteiger partial charge on any atom is -0.494 e. The Labute approximate surface area is 225 Å². The van der Waals surface area contributed by atoms with Crippen molar-refractivity contribution in [1.82, 2.24) is 30.3 Å². The van der Waals surface area contributed by atoms with Crippen LogP contribution in [0.15, 0.2) is 47.0 Å². The molecular weight excluding hydrogens is 505 g/mol. The third-order valence-electron chi connectivity index (χ3n) is 6.15. The molecule has 3 N–H and O–H groups in total. The van der Waals surface area contributed by atoms with Crippen molar-refractivity contribution in [2.24, 2.45) is 10.7 Å². The molecule has 3 aromatic rings. The third-order valence-corrected chi connectivity index (χ3v) is 6.15. The summed E-state index contributed by atoms with van der Waals surface area (Å²) < 4.78 is 26.9. The van der Waals surface area contributed by atoms with Gasteiger partial charge < -0.3 is 25.4 Å². The first kappa shape index (κ1) is 27.6. The summed E-state index contributed by atoms with van der Waals surface area (Å²) in [5.41, 5.74) is 8.43. The standard InChI is InChI=1S/C26H32FN9O3/c1-17-15-36(34-33-17)22-6-7-23(39-3)24(27)20(22)14-30-25(37)19(21(28)16-38-2)13-29-10-18-11-31-26(32-12-18)35-8-4-5-9-35/h6-7,11-13,15H,4-5,8-10,14,16,28H2,1-3H3,(H,30,37). The fourth-order valence-corrected chi connectivity index (χ4v) is 4.13. The van der Waals surface area contributed by atoms with Crippen LogP contribution in [0.4, 0.5) is 10.3 Å². The number of carbonyl (C=O) groups excluding carboxylic acids is 1. The Morgan fingerprint density at radius 3 is 2.62 bits per heavy atom. The number of nitrogens with zero attached hydrogens (tertiary/aromatic N) is 7. The topological polar surface area (TPSA) is 146 Å². The molecule has 0 aliphatic carbocycles. The van der Waals surface area contributed by atoms with Crippen LogP contribution in [0.3, 0.4) is 0 Å². The predicted octanol–water partition coefficient (Wildman–Crippen LogP) is 1.86. The van der Waals surface area contributed by atoms with Gasteiger partial charge in [0.05, 0.1) is 43.4 Å². The van der Waals surface area contributed by atoms with E-state index < -0.39 is 11.7 Å². The number of aryl methyl sites for hydroxylation is 1. The number of methoxy groups -OCH3 is 2. The molecule has 0 saturated carbocycles. The van der Waals surface area contributed by atoms with Crippen LogP contribution in [-0.4, -0.2) is 71.0 Å². The normalized spacial score (nSPS) is 14.1. The zero-order valence-electron chi connectivity index (χ0n) is 22.2. The van der Waals surface area contributed by atoms with E-state index in [2.05, 4.69) is 35.5 Å². The van der Waals surface area contributed by atoms with Crippen LogP contribution in [0.2, 0.25) is 0 Å². The van der Waals surface area contributed by atoms with E-state index in [-0.39, 0.29) is 42.3 Å². The van der Waals surface area contributed by atoms with Gasteiger partial charge in [-0.15, -0.1) is 5.10 Å². The maximum atomic E-state index is 15.2. The molecule has 1 aromatic carbocycles. The number of halogens is 1. The number of anilines is 1. The second-order valence-electron chi connectivity index (χ2n) is 8.99. The number of amides is 1. The Morgan fingerprint density at radius 1 is 1.23 bits per heavy atom. The first-order valence-corrected chi connectivity index (χ1v) is 12.5. The number of aromatic nitrogens is 5. The number of ether oxygens (including phenoxy) is 2. The summed E-state index contributed by atoms with van der Waals surface area (Å²) >= 11 is 0. The first-order chi connectivity index (χ1) is 18.9. The highest BCUT2D eigenvalue weighted by Gasteiger charge is 2.19. The van der Waals surface area contributed by atoms with E-state index in [4.69, 9.17) is 15.2 Å². The summed E-state index contributed by atoms with van der Waals surface area (Å²) in [7, 11) is 2.84. The summed E-state index contributed by atoms with van der Waals surface area (Å²) in [6.07, 6.45) is 8.75. The van der Waals surface area contributed by atoms with Gasteiger partial charge in [0.25, 0.3) is 5.91 Å². The third kappa shape index (κ3) is 6.74. The summed E-state index contributed by atoms with van der Waals surface area (Å²) in [4.78, 5) is 28.5. The molecule has 0 atom stereocenters. The summed E-state index contributed by atoms with van der Waals surface area (Å²) in [6, 6.07) is 3.13. The van der Waals surface area contributed by atoms with Gasteiger partial charge in [0.15, 0.2) is 11.6 Å². The summed E-state index contributed by atoms with van der Waals surface area (Å²) in [6.45, 7) is 3.78. The molecule has 0 spiro atoms. The number of nitrogens with one attached hydrogen (secondary N) is 1. The van der Waals surface area contributed by atoms with Gasteiger partial charge >= 0.3 is 0 Å². The molecule has 13 heteroatoms. The fraction of sp³-hybridized carbons (Fsp3) is 0.385. The predicted molar refractivity (Wildman–Crippen MR) is 143 cm³/mol. The lowest BCUT2D eigenvalue weighted by Crippen LogP contribution is -2.29. The molecule has 1 amide bonds. The minimum atomic E-state index is -0.620. The quantitative estimate of drug-likeness (QED) is 0.276. The number of nitrogens with two attached hydrogens (primary N) is 1. The average Bonchev–Trinajstić information content (AvgIpc) is 3.63. The van der Waals surface area contributed by atoms with Crippen molar-refractivity contribution in [3.05, 3.63) is 64.6 Å². The van der Waals surface area contributed by atoms with Crippen molar-refractivity contribution < 1.29 is 18.7 Å². The largest absolute Gasteiger partial charge is 0.494 e. The lowest BCUT2D eigenvalue weighted by Gasteiger charge is -2.15. The minimum absolute atomic E-state index is 0.0133. The second kappa shape index (κ2) is 12.9. The van der Waals surface area contributed by atoms with E-state index in [1.807, 2.05) is 0 Å². The van der Waals surface area contributed by atoms with Crippen LogP contribution < -0.4 is 20.7 Å². The molecule has 206 valence electrons. The Bertz CT molecular complexity index is 1350. The van der Waals surface area contributed by atoms with Gasteiger partial charge in [0, 0.05) is 62.2 Å². The average molecular weight is 538 g/mol. The Morgan fingerprint density at radius 2 is 1.97 bits per heavy atom. The maximum absolute atomic E-state index is 15.2. The van der Waals surface area contributed by atoms with Crippen LogP contribution in [0.5, 0.6) is 5.75 Å². The van der Waals surface area contributed by atoms with Gasteiger partial charge in [-0.1, -0.05) is 5.21 Å². The molecule has 4 rings (SSSR count). The van der Waals surface area contributed by atoms with Gasteiger partial charge in [-0.05, 0) is 31.9 Å². The smallest absolute Gasteiger partial charge is 0.254 e. The Balaban J connectivity index is 1.49. The molecule has 39 heavy (non-hydrogen) atoms. The number of aliphatic imine (C=N–C) groups is 1. The summed E-state index contributed by atoms with van der Waals surface area (Å²) in [5.74, 6) is -0.425. The van der Waals surface area contributed by atoms with Crippen molar-refractivity contribution in [3.8, 4) is 11.4 Å². The first-order valence-electron chi connectivity index (χ1n) is 12.5. The highest BCUT2D eigenvalue weighted by Crippen LogP contribution is 2.26. The van der Waals surface area contributed by atoms with Crippen molar-refractivity contribution in [2.45, 2.75) is 32.9 Å². The van der Waals surface area contributed by atoms with E-state index in [1.165, 1.54) is 31.2 Å². The Kier molecular flexibility index (Phi) is 9.15. The number of hydrogen-bond donors (Lipinski definition) is 2. The molecule has 0 radical (unpaired) electrons. The second-order valence-corrected chi connectivity index (χ2v) is 8.99. The molecule has 1 aliphatic heterocycles. The monoisotopic (exact) mass is 537 g/mol. The zero-order chi connectivity index (χ0) is 27.8. The van der Waals surface area contributed by atoms with E-state index >= 15 is 4.39 Å². The van der Waals surface area contributed by atoms with E-state index in [9.17, 15) is 4.79 Å². The molecule has 1 saturated heterocycles. The van der Waals surface area contributed by atoms with E-state index in [0.717, 1.165) is 31.5 Å². The molecule has 1 aliphatic rings. The van der Waals surface area contributed by atoms with Crippen LogP contribution in [0.1, 0.15) is 29.7 Å². The molecule has 3 heterocycles. The van der Waals surface area contributed by atoms with Crippen LogP contribution in [0.25, 0.3) is 5.69 Å². The van der Waals surface area contributed by atoms with E-state index in [0.29, 0.717) is 17.3 Å². The van der Waals surface area contributed by atoms with Crippen molar-refractivity contribution in [1.29, 1.82) is 0 Å². The van der Waals surface area contributed by atoms with Crippen molar-refractivity contribution >= 4 is 18.1 Å². The highest BCUT2D eigenvalue weighted by molar-refractivity contribution is 6.12. The highest BCUT2D eigenvalue weighted by atomic mass is 19.1. The van der Waals surface area contributed by atoms with Crippen LogP contribution in [0, 0.1) is 12.7 Å². The van der Waals surface area contributed by atoms with Gasteiger partial charge in [-0.25, -0.2) is 19.0 Å². The van der Waals surface area contributed by atoms with Crippen molar-refractivity contribution in [3.63, 3.8) is 0 Å². The number of benzene rings is 1. The molecule has 12 nitrogen and oxygen atoms in total. The lowest BCUT2D eigenvalue weighted by atomic mass is 10.1. The molecule has 0 unspecified atom stereocenters. The number of hydrogen-bond acceptors (Lipinski definition) is 10. The Hall–Kier alpha value is -4.39. The number of rotatable bonds is 11. The zero-order valence-corrected chi connectivity index (χ0v) is 22.2. The van der Waals surface area contributed by atoms with Crippen molar-refractivity contribution in [2.75, 3.05) is 38.8 Å². The van der Waals surface area contributed by atoms with E-state index in [1.54, 1.807) is 31.6 Å². The number of carbonyl (C=O) groups is 1. The van der Waals surface area contributed by atoms with Crippen LogP contribution >= 0.6 is 0 Å². The van der Waals surface area contributed by atoms with Gasteiger partial charge in [-0.2, -0.15) is 0 Å². The molecule has 2 aromatic heterocycles. The molecule has 0 bridgehead atoms. The maximum Gasteiger partial charge on any atom is 0.254 e. The SMILES string of the molecule is COCC(N)=C(C=NCc1cnc(N2CCCC2)nc1)C(=O)NCc1c(-n2cc(C)nn2)ccc(OC)c1F. The van der Waals surface area contributed by atoms with Crippen LogP contribution in [-0.2, 0) is 22.6 Å². The van der Waals surface area contributed by atoms with Gasteiger partial charge in [0.2, 0.25) is 5.95 Å². The summed E-state index contributed by atoms with van der Waals surface area (Å²) in [5, 5.41) is 10.7. The fourth-order valence-electron chi connectivity index (χ4n) is 4.13. The molecular formula is C26H32FN9O3. The van der Waals surface area contributed by atoms with Gasteiger partial charge in [0.1, 0.15) is 0 Å². The molecule has 1 fully saturated rings. The lowest BCUT2D eigenvalue weighted by molar-refractivity contribution is -0.117.